The van der Waals surface area contributed by atoms with Crippen molar-refractivity contribution < 1.29 is 23.9 Å². The minimum Gasteiger partial charge on any atom is -0.381 e. The molecule has 0 saturated carbocycles. The summed E-state index contributed by atoms with van der Waals surface area (Å²) >= 11 is 0. The number of fused-ring (bicyclic) bond motifs is 1. The van der Waals surface area contributed by atoms with Gasteiger partial charge in [-0.25, -0.2) is 0 Å². The minimum atomic E-state index is -0.674. The van der Waals surface area contributed by atoms with Crippen molar-refractivity contribution in [1.82, 2.24) is 20.4 Å². The van der Waals surface area contributed by atoms with E-state index in [9.17, 15) is 19.2 Å². The van der Waals surface area contributed by atoms with Crippen LogP contribution in [0, 0.1) is 17.3 Å². The molecule has 0 aliphatic carbocycles. The van der Waals surface area contributed by atoms with Gasteiger partial charge in [0.05, 0.1) is 12.0 Å². The molecule has 3 fully saturated rings. The van der Waals surface area contributed by atoms with Crippen LogP contribution in [0.2, 0.25) is 0 Å². The van der Waals surface area contributed by atoms with Crippen LogP contribution in [0.1, 0.15) is 50.5 Å². The fourth-order valence-corrected chi connectivity index (χ4v) is 6.90. The largest absolute Gasteiger partial charge is 0.381 e. The van der Waals surface area contributed by atoms with Crippen molar-refractivity contribution in [2.24, 2.45) is 23.0 Å². The zero-order valence-electron chi connectivity index (χ0n) is 24.5. The number of nitrogens with two attached hydrogens (primary N) is 1. The number of ether oxygens (including phenoxy) is 1. The highest BCUT2D eigenvalue weighted by atomic mass is 16.5. The second kappa shape index (κ2) is 13.8. The van der Waals surface area contributed by atoms with Crippen LogP contribution in [0.3, 0.4) is 0 Å². The van der Waals surface area contributed by atoms with Gasteiger partial charge in [0, 0.05) is 57.8 Å². The molecule has 1 aromatic rings. The lowest BCUT2D eigenvalue weighted by Gasteiger charge is -2.41. The maximum Gasteiger partial charge on any atom is 0.243 e. The molecular formula is C32H45N5O5. The van der Waals surface area contributed by atoms with Gasteiger partial charge in [-0.05, 0) is 56.4 Å². The summed E-state index contributed by atoms with van der Waals surface area (Å²) in [5.41, 5.74) is 5.86. The Morgan fingerprint density at radius 3 is 2.43 bits per heavy atom. The van der Waals surface area contributed by atoms with E-state index < -0.39 is 11.5 Å². The maximum atomic E-state index is 13.8. The van der Waals surface area contributed by atoms with E-state index in [1.807, 2.05) is 35.2 Å². The summed E-state index contributed by atoms with van der Waals surface area (Å²) in [7, 11) is 0. The fourth-order valence-electron chi connectivity index (χ4n) is 6.90. The lowest BCUT2D eigenvalue weighted by Crippen LogP contribution is -2.58. The van der Waals surface area contributed by atoms with E-state index in [1.165, 1.54) is 0 Å². The van der Waals surface area contributed by atoms with Gasteiger partial charge in [-0.2, -0.15) is 0 Å². The molecule has 4 heterocycles. The number of hydrogen-bond donors (Lipinski definition) is 3. The molecule has 10 nitrogen and oxygen atoms in total. The SMILES string of the molecule is NC(=O)C1CCN(C(=O)CN2CC[C@@H]3NC(=O)[C@@H](Cc4ccccc4)NC(=O)C4(CC=CC[C@@H]3C2)CCOCC4)CC1. The van der Waals surface area contributed by atoms with Crippen LogP contribution in [0.15, 0.2) is 42.5 Å². The monoisotopic (exact) mass is 579 g/mol. The van der Waals surface area contributed by atoms with Crippen LogP contribution >= 0.6 is 0 Å². The molecule has 4 amide bonds. The van der Waals surface area contributed by atoms with E-state index in [0.717, 1.165) is 18.4 Å². The van der Waals surface area contributed by atoms with Crippen molar-refractivity contribution in [2.45, 2.75) is 63.5 Å². The Balaban J connectivity index is 1.29. The molecule has 1 aromatic carbocycles. The molecule has 3 atom stereocenters. The van der Waals surface area contributed by atoms with Crippen LogP contribution < -0.4 is 16.4 Å². The first-order valence-corrected chi connectivity index (χ1v) is 15.5. The fraction of sp³-hybridized carbons (Fsp3) is 0.625. The number of primary amides is 1. The average Bonchev–Trinajstić information content (AvgIpc) is 3.00. The molecule has 0 aromatic heterocycles. The number of rotatable bonds is 5. The Kier molecular flexibility index (Phi) is 9.95. The van der Waals surface area contributed by atoms with Crippen LogP contribution in [0.25, 0.3) is 0 Å². The molecule has 228 valence electrons. The number of likely N-dealkylation sites (tertiary alicyclic amines) is 2. The van der Waals surface area contributed by atoms with Crippen LogP contribution in [0.5, 0.6) is 0 Å². The maximum absolute atomic E-state index is 13.8. The number of nitrogens with one attached hydrogen (secondary N) is 2. The van der Waals surface area contributed by atoms with Gasteiger partial charge in [0.15, 0.2) is 0 Å². The number of nitrogens with zero attached hydrogens (tertiary/aromatic N) is 2. The molecule has 0 bridgehead atoms. The van der Waals surface area contributed by atoms with Gasteiger partial charge in [0.1, 0.15) is 6.04 Å². The molecule has 4 aliphatic rings. The second-order valence-electron chi connectivity index (χ2n) is 12.5. The third-order valence-electron chi connectivity index (χ3n) is 9.70. The van der Waals surface area contributed by atoms with Crippen LogP contribution in [-0.2, 0) is 30.3 Å². The van der Waals surface area contributed by atoms with Crippen LogP contribution in [-0.4, -0.2) is 91.4 Å². The number of hydrogen-bond acceptors (Lipinski definition) is 6. The molecule has 5 rings (SSSR count). The molecule has 0 radical (unpaired) electrons. The molecule has 0 unspecified atom stereocenters. The Morgan fingerprint density at radius 1 is 0.976 bits per heavy atom. The Labute approximate surface area is 248 Å². The zero-order chi connectivity index (χ0) is 29.5. The van der Waals surface area contributed by atoms with E-state index in [-0.39, 0.29) is 41.5 Å². The highest BCUT2D eigenvalue weighted by molar-refractivity contribution is 5.90. The molecule has 4 aliphatic heterocycles. The topological polar surface area (TPSA) is 134 Å². The zero-order valence-corrected chi connectivity index (χ0v) is 24.5. The Morgan fingerprint density at radius 2 is 1.71 bits per heavy atom. The van der Waals surface area contributed by atoms with E-state index in [2.05, 4.69) is 27.7 Å². The molecule has 3 saturated heterocycles. The first-order chi connectivity index (χ1) is 20.3. The number of allylic oxidation sites excluding steroid dienone is 2. The van der Waals surface area contributed by atoms with Gasteiger partial charge >= 0.3 is 0 Å². The van der Waals surface area contributed by atoms with Crippen molar-refractivity contribution >= 4 is 23.6 Å². The van der Waals surface area contributed by atoms with Gasteiger partial charge in [0.25, 0.3) is 0 Å². The summed E-state index contributed by atoms with van der Waals surface area (Å²) in [5, 5.41) is 6.43. The predicted molar refractivity (Wildman–Crippen MR) is 158 cm³/mol. The smallest absolute Gasteiger partial charge is 0.243 e. The average molecular weight is 580 g/mol. The summed E-state index contributed by atoms with van der Waals surface area (Å²) < 4.78 is 5.59. The normalized spacial score (nSPS) is 27.7. The molecule has 4 N–H and O–H groups in total. The van der Waals surface area contributed by atoms with Gasteiger partial charge in [-0.3, -0.25) is 24.1 Å². The van der Waals surface area contributed by atoms with Crippen molar-refractivity contribution in [3.05, 3.63) is 48.0 Å². The van der Waals surface area contributed by atoms with Crippen molar-refractivity contribution in [3.8, 4) is 0 Å². The number of carbonyl (C=O) groups is 4. The quantitative estimate of drug-likeness (QED) is 0.452. The predicted octanol–water partition coefficient (Wildman–Crippen LogP) is 1.39. The number of benzene rings is 1. The standard InChI is InChI=1S/C32H45N5O5/c33-29(39)24-9-16-37(17-10-24)28(38)22-36-15-11-26-25(21-36)8-4-5-12-32(13-18-42-19-14-32)31(41)35-27(30(40)34-26)20-23-6-2-1-3-7-23/h1-7,24-27H,8-22H2,(H2,33,39)(H,34,40)(H,35,41)/t25-,26+,27-/m1/s1. The highest BCUT2D eigenvalue weighted by Crippen LogP contribution is 2.36. The first kappa shape index (κ1) is 30.2. The Bertz CT molecular complexity index is 1140. The van der Waals surface area contributed by atoms with Crippen molar-refractivity contribution in [2.75, 3.05) is 45.9 Å². The lowest BCUT2D eigenvalue weighted by atomic mass is 9.75. The molecule has 1 spiro atoms. The number of piperidine rings is 2. The van der Waals surface area contributed by atoms with Gasteiger partial charge < -0.3 is 26.0 Å². The molecular weight excluding hydrogens is 534 g/mol. The summed E-state index contributed by atoms with van der Waals surface area (Å²) in [6, 6.07) is 9.08. The van der Waals surface area contributed by atoms with Gasteiger partial charge in [-0.15, -0.1) is 0 Å². The summed E-state index contributed by atoms with van der Waals surface area (Å²) in [6.07, 6.45) is 9.30. The van der Waals surface area contributed by atoms with Crippen molar-refractivity contribution in [3.63, 3.8) is 0 Å². The third kappa shape index (κ3) is 7.39. The summed E-state index contributed by atoms with van der Waals surface area (Å²) in [6.45, 7) is 3.92. The van der Waals surface area contributed by atoms with Gasteiger partial charge in [0.2, 0.25) is 23.6 Å². The van der Waals surface area contributed by atoms with E-state index in [4.69, 9.17) is 10.5 Å². The lowest BCUT2D eigenvalue weighted by molar-refractivity contribution is -0.140. The minimum absolute atomic E-state index is 0.0496. The van der Waals surface area contributed by atoms with Crippen molar-refractivity contribution in [1.29, 1.82) is 0 Å². The number of carbonyl (C=O) groups excluding carboxylic acids is 4. The summed E-state index contributed by atoms with van der Waals surface area (Å²) in [4.78, 5) is 56.2. The second-order valence-corrected chi connectivity index (χ2v) is 12.5. The summed E-state index contributed by atoms with van der Waals surface area (Å²) in [5.74, 6) is -0.434. The first-order valence-electron chi connectivity index (χ1n) is 15.5. The highest BCUT2D eigenvalue weighted by Gasteiger charge is 2.41. The molecule has 42 heavy (non-hydrogen) atoms. The van der Waals surface area contributed by atoms with E-state index in [1.54, 1.807) is 0 Å². The van der Waals surface area contributed by atoms with E-state index >= 15 is 0 Å². The van der Waals surface area contributed by atoms with E-state index in [0.29, 0.717) is 84.5 Å². The third-order valence-corrected chi connectivity index (χ3v) is 9.70. The van der Waals surface area contributed by atoms with Gasteiger partial charge in [-0.1, -0.05) is 42.5 Å². The van der Waals surface area contributed by atoms with Crippen LogP contribution in [0.4, 0.5) is 0 Å². The molecule has 10 heteroatoms. The Hall–Kier alpha value is -3.24. The number of amides is 4.